The molecule has 3 heterocycles. The highest BCUT2D eigenvalue weighted by molar-refractivity contribution is 5.94. The molecule has 31 heavy (non-hydrogen) atoms. The summed E-state index contributed by atoms with van der Waals surface area (Å²) in [4.78, 5) is 15.0. The number of methoxy groups -OCH3 is 2. The van der Waals surface area contributed by atoms with Crippen LogP contribution in [0.15, 0.2) is 42.5 Å². The Labute approximate surface area is 183 Å². The van der Waals surface area contributed by atoms with Gasteiger partial charge in [0.25, 0.3) is 5.91 Å². The molecule has 6 nitrogen and oxygen atoms in total. The molecule has 0 aliphatic carbocycles. The minimum atomic E-state index is -0.330. The molecule has 2 aromatic rings. The van der Waals surface area contributed by atoms with Crippen LogP contribution in [0.25, 0.3) is 0 Å². The van der Waals surface area contributed by atoms with E-state index >= 15 is 0 Å². The van der Waals surface area contributed by atoms with Gasteiger partial charge in [0.1, 0.15) is 11.4 Å². The highest BCUT2D eigenvalue weighted by Crippen LogP contribution is 2.55. The van der Waals surface area contributed by atoms with Crippen LogP contribution in [0.4, 0.5) is 0 Å². The normalized spacial score (nSPS) is 24.0. The van der Waals surface area contributed by atoms with Crippen molar-refractivity contribution in [2.75, 3.05) is 33.9 Å². The molecule has 6 heteroatoms. The molecule has 2 aromatic carbocycles. The van der Waals surface area contributed by atoms with Crippen molar-refractivity contribution >= 4 is 5.91 Å². The van der Waals surface area contributed by atoms with Gasteiger partial charge < -0.3 is 23.8 Å². The van der Waals surface area contributed by atoms with E-state index in [4.69, 9.17) is 18.9 Å². The molecule has 3 aliphatic heterocycles. The Morgan fingerprint density at radius 2 is 1.84 bits per heavy atom. The maximum atomic E-state index is 13.1. The Morgan fingerprint density at radius 3 is 2.55 bits per heavy atom. The molecule has 2 fully saturated rings. The summed E-state index contributed by atoms with van der Waals surface area (Å²) < 4.78 is 23.8. The van der Waals surface area contributed by atoms with Crippen LogP contribution in [0.5, 0.6) is 17.2 Å². The van der Waals surface area contributed by atoms with Crippen LogP contribution in [0.2, 0.25) is 0 Å². The lowest BCUT2D eigenvalue weighted by atomic mass is 9.70. The number of carbonyl (C=O) groups excluding carboxylic acids is 1. The molecule has 0 aromatic heterocycles. The summed E-state index contributed by atoms with van der Waals surface area (Å²) in [6.07, 6.45) is 3.72. The molecule has 1 spiro atoms. The summed E-state index contributed by atoms with van der Waals surface area (Å²) in [7, 11) is 3.30. The molecule has 2 atom stereocenters. The number of amides is 1. The van der Waals surface area contributed by atoms with E-state index in [1.165, 1.54) is 0 Å². The number of nitrogens with zero attached hydrogens (tertiary/aromatic N) is 1. The van der Waals surface area contributed by atoms with Gasteiger partial charge in [0.05, 0.1) is 20.3 Å². The predicted molar refractivity (Wildman–Crippen MR) is 116 cm³/mol. The third kappa shape index (κ3) is 3.43. The van der Waals surface area contributed by atoms with Crippen LogP contribution in [-0.2, 0) is 4.74 Å². The van der Waals surface area contributed by atoms with Gasteiger partial charge in [0, 0.05) is 49.6 Å². The Hall–Kier alpha value is -2.73. The van der Waals surface area contributed by atoms with Gasteiger partial charge >= 0.3 is 0 Å². The van der Waals surface area contributed by atoms with E-state index in [9.17, 15) is 4.79 Å². The highest BCUT2D eigenvalue weighted by Gasteiger charge is 2.53. The fraction of sp³-hybridized carbons (Fsp3) is 0.480. The summed E-state index contributed by atoms with van der Waals surface area (Å²) in [5.74, 6) is 2.66. The van der Waals surface area contributed by atoms with Crippen molar-refractivity contribution in [1.29, 1.82) is 0 Å². The van der Waals surface area contributed by atoms with E-state index in [0.717, 1.165) is 55.1 Å². The first-order valence-electron chi connectivity index (χ1n) is 11.1. The van der Waals surface area contributed by atoms with Crippen molar-refractivity contribution in [3.8, 4) is 17.2 Å². The molecule has 0 radical (unpaired) electrons. The van der Waals surface area contributed by atoms with Gasteiger partial charge in [-0.1, -0.05) is 12.1 Å². The smallest absolute Gasteiger partial charge is 0.253 e. The molecular formula is C25H29NO5. The van der Waals surface area contributed by atoms with Crippen molar-refractivity contribution in [1.82, 2.24) is 4.90 Å². The third-order valence-corrected chi connectivity index (χ3v) is 7.07. The van der Waals surface area contributed by atoms with Crippen molar-refractivity contribution in [2.45, 2.75) is 37.4 Å². The van der Waals surface area contributed by atoms with Crippen LogP contribution in [0.3, 0.4) is 0 Å². The summed E-state index contributed by atoms with van der Waals surface area (Å²) in [6, 6.07) is 13.4. The lowest BCUT2D eigenvalue weighted by Gasteiger charge is -2.53. The molecule has 2 saturated heterocycles. The average molecular weight is 424 g/mol. The molecule has 5 rings (SSSR count). The lowest BCUT2D eigenvalue weighted by Crippen LogP contribution is -2.57. The second-order valence-corrected chi connectivity index (χ2v) is 8.61. The standard InChI is InChI=1S/C25H29NO5/c1-28-18-10-8-17(9-11-18)24(27)26-14-12-25(13-15-26)20-6-4-16-30-22(20)19-5-3-7-21(29-2)23(19)31-25/h3,5,7-11,20,22H,4,6,12-16H2,1-2H3/t20-,22+/m0/s1. The molecule has 0 N–H and O–H groups in total. The van der Waals surface area contributed by atoms with Crippen molar-refractivity contribution in [2.24, 2.45) is 5.92 Å². The number of hydrogen-bond acceptors (Lipinski definition) is 5. The molecule has 3 aliphatic rings. The Balaban J connectivity index is 1.38. The summed E-state index contributed by atoms with van der Waals surface area (Å²) >= 11 is 0. The monoisotopic (exact) mass is 423 g/mol. The van der Waals surface area contributed by atoms with Gasteiger partial charge in [-0.3, -0.25) is 4.79 Å². The van der Waals surface area contributed by atoms with E-state index in [0.29, 0.717) is 24.6 Å². The van der Waals surface area contributed by atoms with Crippen LogP contribution in [0.1, 0.15) is 47.7 Å². The maximum absolute atomic E-state index is 13.1. The number of ether oxygens (including phenoxy) is 4. The van der Waals surface area contributed by atoms with Gasteiger partial charge in [-0.25, -0.2) is 0 Å². The summed E-state index contributed by atoms with van der Waals surface area (Å²) in [5.41, 5.74) is 1.45. The van der Waals surface area contributed by atoms with Crippen LogP contribution in [0, 0.1) is 5.92 Å². The van der Waals surface area contributed by atoms with Gasteiger partial charge in [0.2, 0.25) is 0 Å². The van der Waals surface area contributed by atoms with E-state index in [1.807, 2.05) is 41.3 Å². The molecule has 164 valence electrons. The fourth-order valence-electron chi connectivity index (χ4n) is 5.41. The first-order chi connectivity index (χ1) is 15.1. The number of carbonyl (C=O) groups is 1. The minimum Gasteiger partial charge on any atom is -0.497 e. The SMILES string of the molecule is COc1ccc(C(=O)N2CCC3(CC2)Oc2c(OC)cccc2[C@H]2OCCC[C@@H]23)cc1. The number of piperidine rings is 1. The first kappa shape index (κ1) is 20.2. The van der Waals surface area contributed by atoms with Gasteiger partial charge in [0.15, 0.2) is 11.5 Å². The first-order valence-corrected chi connectivity index (χ1v) is 11.1. The summed E-state index contributed by atoms with van der Waals surface area (Å²) in [6.45, 7) is 2.10. The van der Waals surface area contributed by atoms with E-state index in [1.54, 1.807) is 14.2 Å². The zero-order valence-corrected chi connectivity index (χ0v) is 18.1. The fourth-order valence-corrected chi connectivity index (χ4v) is 5.41. The Bertz CT molecular complexity index is 949. The van der Waals surface area contributed by atoms with Crippen LogP contribution >= 0.6 is 0 Å². The van der Waals surface area contributed by atoms with E-state index in [2.05, 4.69) is 6.07 Å². The van der Waals surface area contributed by atoms with Crippen molar-refractivity contribution < 1.29 is 23.7 Å². The van der Waals surface area contributed by atoms with Gasteiger partial charge in [-0.2, -0.15) is 0 Å². The number of hydrogen-bond donors (Lipinski definition) is 0. The average Bonchev–Trinajstić information content (AvgIpc) is 2.84. The maximum Gasteiger partial charge on any atom is 0.253 e. The number of fused-ring (bicyclic) bond motifs is 4. The third-order valence-electron chi connectivity index (χ3n) is 7.07. The predicted octanol–water partition coefficient (Wildman–Crippen LogP) is 4.24. The summed E-state index contributed by atoms with van der Waals surface area (Å²) in [5, 5.41) is 0. The second kappa shape index (κ2) is 8.08. The van der Waals surface area contributed by atoms with E-state index in [-0.39, 0.29) is 17.6 Å². The topological polar surface area (TPSA) is 57.2 Å². The van der Waals surface area contributed by atoms with E-state index < -0.39 is 0 Å². The van der Waals surface area contributed by atoms with Crippen molar-refractivity contribution in [3.63, 3.8) is 0 Å². The molecule has 0 saturated carbocycles. The molecular weight excluding hydrogens is 394 g/mol. The minimum absolute atomic E-state index is 0.0245. The quantitative estimate of drug-likeness (QED) is 0.739. The number of benzene rings is 2. The van der Waals surface area contributed by atoms with Gasteiger partial charge in [-0.15, -0.1) is 0 Å². The molecule has 1 amide bonds. The molecule has 0 unspecified atom stereocenters. The van der Waals surface area contributed by atoms with Gasteiger partial charge in [-0.05, 0) is 43.2 Å². The second-order valence-electron chi connectivity index (χ2n) is 8.61. The Morgan fingerprint density at radius 1 is 1.06 bits per heavy atom. The zero-order valence-electron chi connectivity index (χ0n) is 18.1. The van der Waals surface area contributed by atoms with Crippen LogP contribution < -0.4 is 14.2 Å². The molecule has 0 bridgehead atoms. The van der Waals surface area contributed by atoms with Crippen molar-refractivity contribution in [3.05, 3.63) is 53.6 Å². The lowest BCUT2D eigenvalue weighted by molar-refractivity contribution is -0.147. The number of rotatable bonds is 3. The largest absolute Gasteiger partial charge is 0.497 e. The number of likely N-dealkylation sites (tertiary alicyclic amines) is 1. The zero-order chi connectivity index (χ0) is 21.4. The number of para-hydroxylation sites is 1. The highest BCUT2D eigenvalue weighted by atomic mass is 16.5. The Kier molecular flexibility index (Phi) is 5.26. The van der Waals surface area contributed by atoms with Crippen LogP contribution in [-0.4, -0.2) is 50.3 Å².